The van der Waals surface area contributed by atoms with Gasteiger partial charge in [0.05, 0.1) is 6.10 Å². The van der Waals surface area contributed by atoms with Gasteiger partial charge in [-0.15, -0.1) is 0 Å². The Bertz CT molecular complexity index is 378. The van der Waals surface area contributed by atoms with Gasteiger partial charge in [-0.3, -0.25) is 4.98 Å². The smallest absolute Gasteiger partial charge is 0.0666 e. The minimum atomic E-state index is -0.365. The first-order valence-electron chi connectivity index (χ1n) is 6.47. The molecule has 0 saturated carbocycles. The molecule has 3 heteroatoms. The number of aliphatic hydroxyl groups is 1. The molecule has 1 aromatic rings. The Morgan fingerprint density at radius 3 is 2.94 bits per heavy atom. The standard InChI is InChI=1S/C14H22N2O/c1-9(2)12(8-15)14(17)11-6-5-10-4-3-7-16-13(10)11/h3-4,7,9,11-12,14,17H,5-6,8,15H2,1-2H3. The van der Waals surface area contributed by atoms with Gasteiger partial charge in [-0.2, -0.15) is 0 Å². The van der Waals surface area contributed by atoms with E-state index in [2.05, 4.69) is 24.9 Å². The minimum absolute atomic E-state index is 0.160. The molecule has 1 heterocycles. The lowest BCUT2D eigenvalue weighted by molar-refractivity contribution is 0.0602. The van der Waals surface area contributed by atoms with Crippen molar-refractivity contribution < 1.29 is 5.11 Å². The van der Waals surface area contributed by atoms with E-state index in [0.717, 1.165) is 18.5 Å². The molecule has 3 atom stereocenters. The number of aliphatic hydroxyl groups excluding tert-OH is 1. The van der Waals surface area contributed by atoms with Crippen LogP contribution in [0, 0.1) is 11.8 Å². The Labute approximate surface area is 103 Å². The normalized spacial score (nSPS) is 22.5. The van der Waals surface area contributed by atoms with Crippen LogP contribution in [0.1, 0.15) is 37.4 Å². The SMILES string of the molecule is CC(C)C(CN)C(O)C1CCc2cccnc21. The van der Waals surface area contributed by atoms with Gasteiger partial charge in [-0.05, 0) is 36.9 Å². The first-order chi connectivity index (χ1) is 8.15. The molecule has 0 aromatic carbocycles. The Morgan fingerprint density at radius 1 is 1.53 bits per heavy atom. The van der Waals surface area contributed by atoms with Gasteiger partial charge in [-0.25, -0.2) is 0 Å². The fourth-order valence-corrected chi connectivity index (χ4v) is 2.88. The highest BCUT2D eigenvalue weighted by Gasteiger charge is 2.34. The van der Waals surface area contributed by atoms with Crippen molar-refractivity contribution in [1.82, 2.24) is 4.98 Å². The maximum absolute atomic E-state index is 10.5. The quantitative estimate of drug-likeness (QED) is 0.833. The van der Waals surface area contributed by atoms with Crippen LogP contribution in [0.4, 0.5) is 0 Å². The van der Waals surface area contributed by atoms with Gasteiger partial charge in [-0.1, -0.05) is 19.9 Å². The molecule has 94 valence electrons. The highest BCUT2D eigenvalue weighted by atomic mass is 16.3. The molecule has 1 aliphatic rings. The van der Waals surface area contributed by atoms with Gasteiger partial charge in [0.2, 0.25) is 0 Å². The molecular weight excluding hydrogens is 212 g/mol. The van der Waals surface area contributed by atoms with Crippen LogP contribution >= 0.6 is 0 Å². The van der Waals surface area contributed by atoms with Crippen LogP contribution in [-0.2, 0) is 6.42 Å². The fraction of sp³-hybridized carbons (Fsp3) is 0.643. The van der Waals surface area contributed by atoms with E-state index >= 15 is 0 Å². The summed E-state index contributed by atoms with van der Waals surface area (Å²) in [4.78, 5) is 4.44. The van der Waals surface area contributed by atoms with E-state index in [1.807, 2.05) is 12.3 Å². The van der Waals surface area contributed by atoms with Gasteiger partial charge in [0.15, 0.2) is 0 Å². The van der Waals surface area contributed by atoms with Crippen molar-refractivity contribution in [3.05, 3.63) is 29.6 Å². The molecule has 0 spiro atoms. The van der Waals surface area contributed by atoms with Gasteiger partial charge < -0.3 is 10.8 Å². The van der Waals surface area contributed by atoms with E-state index in [4.69, 9.17) is 5.73 Å². The van der Waals surface area contributed by atoms with Crippen molar-refractivity contribution in [3.8, 4) is 0 Å². The van der Waals surface area contributed by atoms with Crippen LogP contribution in [0.15, 0.2) is 18.3 Å². The predicted octanol–water partition coefficient (Wildman–Crippen LogP) is 1.70. The Hall–Kier alpha value is -0.930. The third-order valence-corrected chi connectivity index (χ3v) is 3.98. The molecular formula is C14H22N2O. The predicted molar refractivity (Wildman–Crippen MR) is 68.7 cm³/mol. The number of aryl methyl sites for hydroxylation is 1. The van der Waals surface area contributed by atoms with Gasteiger partial charge in [0.1, 0.15) is 0 Å². The average molecular weight is 234 g/mol. The molecule has 3 N–H and O–H groups in total. The number of pyridine rings is 1. The molecule has 1 aromatic heterocycles. The van der Waals surface area contributed by atoms with E-state index in [9.17, 15) is 5.11 Å². The highest BCUT2D eigenvalue weighted by Crippen LogP contribution is 2.37. The average Bonchev–Trinajstić information content (AvgIpc) is 2.72. The lowest BCUT2D eigenvalue weighted by Gasteiger charge is -2.29. The summed E-state index contributed by atoms with van der Waals surface area (Å²) >= 11 is 0. The molecule has 0 bridgehead atoms. The maximum atomic E-state index is 10.5. The van der Waals surface area contributed by atoms with E-state index < -0.39 is 0 Å². The summed E-state index contributed by atoms with van der Waals surface area (Å²) in [7, 11) is 0. The number of hydrogen-bond acceptors (Lipinski definition) is 3. The molecule has 2 rings (SSSR count). The van der Waals surface area contributed by atoms with Gasteiger partial charge in [0.25, 0.3) is 0 Å². The molecule has 1 aliphatic carbocycles. The Morgan fingerprint density at radius 2 is 2.29 bits per heavy atom. The number of nitrogens with two attached hydrogens (primary N) is 1. The molecule has 0 radical (unpaired) electrons. The van der Waals surface area contributed by atoms with Crippen molar-refractivity contribution in [2.24, 2.45) is 17.6 Å². The highest BCUT2D eigenvalue weighted by molar-refractivity contribution is 5.29. The summed E-state index contributed by atoms with van der Waals surface area (Å²) in [5.74, 6) is 0.734. The molecule has 17 heavy (non-hydrogen) atoms. The van der Waals surface area contributed by atoms with Crippen LogP contribution in [0.25, 0.3) is 0 Å². The Balaban J connectivity index is 2.19. The largest absolute Gasteiger partial charge is 0.392 e. The maximum Gasteiger partial charge on any atom is 0.0666 e. The molecule has 3 unspecified atom stereocenters. The number of fused-ring (bicyclic) bond motifs is 1. The molecule has 0 aliphatic heterocycles. The van der Waals surface area contributed by atoms with Crippen LogP contribution in [0.5, 0.6) is 0 Å². The molecule has 0 fully saturated rings. The lowest BCUT2D eigenvalue weighted by Crippen LogP contribution is -2.36. The third kappa shape index (κ3) is 2.35. The summed E-state index contributed by atoms with van der Waals surface area (Å²) in [5.41, 5.74) is 8.15. The Kier molecular flexibility index (Phi) is 3.79. The van der Waals surface area contributed by atoms with Crippen molar-refractivity contribution in [2.75, 3.05) is 6.54 Å². The van der Waals surface area contributed by atoms with Crippen LogP contribution in [0.3, 0.4) is 0 Å². The second-order valence-corrected chi connectivity index (χ2v) is 5.33. The molecule has 3 nitrogen and oxygen atoms in total. The molecule has 0 amide bonds. The van der Waals surface area contributed by atoms with Crippen molar-refractivity contribution in [2.45, 2.75) is 38.7 Å². The topological polar surface area (TPSA) is 59.1 Å². The van der Waals surface area contributed by atoms with Crippen molar-refractivity contribution in [3.63, 3.8) is 0 Å². The van der Waals surface area contributed by atoms with Crippen LogP contribution in [-0.4, -0.2) is 22.7 Å². The number of aromatic nitrogens is 1. The zero-order valence-electron chi connectivity index (χ0n) is 10.6. The lowest BCUT2D eigenvalue weighted by atomic mass is 9.82. The summed E-state index contributed by atoms with van der Waals surface area (Å²) in [6.45, 7) is 4.78. The summed E-state index contributed by atoms with van der Waals surface area (Å²) in [6.07, 6.45) is 3.48. The van der Waals surface area contributed by atoms with Crippen molar-refractivity contribution >= 4 is 0 Å². The number of hydrogen-bond donors (Lipinski definition) is 2. The zero-order chi connectivity index (χ0) is 12.4. The number of rotatable bonds is 4. The summed E-state index contributed by atoms with van der Waals surface area (Å²) < 4.78 is 0. The van der Waals surface area contributed by atoms with E-state index in [0.29, 0.717) is 12.5 Å². The second-order valence-electron chi connectivity index (χ2n) is 5.33. The zero-order valence-corrected chi connectivity index (χ0v) is 10.6. The second kappa shape index (κ2) is 5.15. The first-order valence-corrected chi connectivity index (χ1v) is 6.47. The van der Waals surface area contributed by atoms with Crippen LogP contribution < -0.4 is 5.73 Å². The van der Waals surface area contributed by atoms with Gasteiger partial charge in [0, 0.05) is 23.7 Å². The monoisotopic (exact) mass is 234 g/mol. The number of nitrogens with zero attached hydrogens (tertiary/aromatic N) is 1. The van der Waals surface area contributed by atoms with E-state index in [1.54, 1.807) is 0 Å². The molecule has 0 saturated heterocycles. The van der Waals surface area contributed by atoms with E-state index in [-0.39, 0.29) is 17.9 Å². The van der Waals surface area contributed by atoms with Gasteiger partial charge >= 0.3 is 0 Å². The van der Waals surface area contributed by atoms with Crippen molar-refractivity contribution in [1.29, 1.82) is 0 Å². The first kappa shape index (κ1) is 12.5. The minimum Gasteiger partial charge on any atom is -0.392 e. The summed E-state index contributed by atoms with van der Waals surface area (Å²) in [6, 6.07) is 4.08. The summed E-state index contributed by atoms with van der Waals surface area (Å²) in [5, 5.41) is 10.5. The van der Waals surface area contributed by atoms with E-state index in [1.165, 1.54) is 5.56 Å². The van der Waals surface area contributed by atoms with Crippen LogP contribution in [0.2, 0.25) is 0 Å². The fourth-order valence-electron chi connectivity index (χ4n) is 2.88. The third-order valence-electron chi connectivity index (χ3n) is 3.98.